The summed E-state index contributed by atoms with van der Waals surface area (Å²) in [6.07, 6.45) is 1.57. The molecule has 0 saturated heterocycles. The van der Waals surface area contributed by atoms with E-state index in [4.69, 9.17) is 0 Å². The van der Waals surface area contributed by atoms with Crippen LogP contribution in [-0.2, 0) is 16.0 Å². The van der Waals surface area contributed by atoms with Crippen LogP contribution in [0.5, 0.6) is 0 Å². The van der Waals surface area contributed by atoms with Crippen molar-refractivity contribution in [3.8, 4) is 11.8 Å². The van der Waals surface area contributed by atoms with Crippen molar-refractivity contribution in [2.75, 3.05) is 22.9 Å². The highest BCUT2D eigenvalue weighted by molar-refractivity contribution is 5.92. The van der Waals surface area contributed by atoms with Crippen LogP contribution in [0.15, 0.2) is 12.1 Å². The van der Waals surface area contributed by atoms with Gasteiger partial charge in [-0.05, 0) is 64.3 Å². The van der Waals surface area contributed by atoms with Crippen LogP contribution < -0.4 is 9.80 Å². The van der Waals surface area contributed by atoms with Gasteiger partial charge in [-0.1, -0.05) is 0 Å². The number of fused-ring (bicyclic) bond motifs is 1. The molecule has 2 aromatic heterocycles. The number of carbonyl (C=O) groups is 2. The maximum absolute atomic E-state index is 11.6. The fourth-order valence-corrected chi connectivity index (χ4v) is 3.53. The van der Waals surface area contributed by atoms with Crippen molar-refractivity contribution in [2.45, 2.75) is 61.3 Å². The van der Waals surface area contributed by atoms with Crippen LogP contribution in [0.1, 0.15) is 55.4 Å². The fraction of sp³-hybridized carbons (Fsp3) is 0.458. The number of nitrogens with zero attached hydrogens (tertiary/aromatic N) is 5. The van der Waals surface area contributed by atoms with Gasteiger partial charge in [0.25, 0.3) is 0 Å². The van der Waals surface area contributed by atoms with Gasteiger partial charge in [-0.2, -0.15) is 0 Å². The monoisotopic (exact) mass is 421 g/mol. The van der Waals surface area contributed by atoms with E-state index in [1.165, 1.54) is 18.1 Å². The van der Waals surface area contributed by atoms with Gasteiger partial charge < -0.3 is 0 Å². The van der Waals surface area contributed by atoms with Crippen molar-refractivity contribution < 1.29 is 9.59 Å². The van der Waals surface area contributed by atoms with Gasteiger partial charge in [0, 0.05) is 50.4 Å². The number of pyridine rings is 1. The van der Waals surface area contributed by atoms with Gasteiger partial charge in [0.05, 0.1) is 0 Å². The van der Waals surface area contributed by atoms with Crippen LogP contribution in [0.3, 0.4) is 0 Å². The second-order valence-electron chi connectivity index (χ2n) is 7.60. The molecule has 3 heterocycles. The van der Waals surface area contributed by atoms with E-state index in [1.54, 1.807) is 23.6 Å². The summed E-state index contributed by atoms with van der Waals surface area (Å²) in [5.41, 5.74) is 5.18. The van der Waals surface area contributed by atoms with Crippen LogP contribution in [0.2, 0.25) is 0 Å². The lowest BCUT2D eigenvalue weighted by atomic mass is 10.1. The average molecular weight is 422 g/mol. The number of anilines is 2. The van der Waals surface area contributed by atoms with E-state index in [0.29, 0.717) is 18.9 Å². The van der Waals surface area contributed by atoms with Crippen LogP contribution in [0, 0.1) is 39.5 Å². The van der Waals surface area contributed by atoms with E-state index in [0.717, 1.165) is 35.9 Å². The molecular weight excluding hydrogens is 390 g/mol. The fourth-order valence-electron chi connectivity index (χ4n) is 3.53. The Morgan fingerprint density at radius 2 is 1.65 bits per heavy atom. The Labute approximate surface area is 184 Å². The van der Waals surface area contributed by atoms with E-state index in [-0.39, 0.29) is 11.8 Å². The molecule has 0 bridgehead atoms. The SMILES string of the molecule is CC#CCCN(C(C)=O)c1nc(C)cc(C)n1.CC(=O)N1CCc2c(C)cc(C)nc21. The van der Waals surface area contributed by atoms with E-state index in [2.05, 4.69) is 39.8 Å². The van der Waals surface area contributed by atoms with E-state index in [1.807, 2.05) is 26.8 Å². The Bertz CT molecular complexity index is 1020. The molecule has 1 aliphatic heterocycles. The molecule has 7 nitrogen and oxygen atoms in total. The zero-order valence-electron chi connectivity index (χ0n) is 19.5. The third kappa shape index (κ3) is 6.35. The predicted octanol–water partition coefficient (Wildman–Crippen LogP) is 3.47. The molecule has 1 aliphatic rings. The molecule has 0 N–H and O–H groups in total. The Kier molecular flexibility index (Phi) is 8.26. The zero-order chi connectivity index (χ0) is 23.1. The standard InChI is InChI=1S/C13H17N3O.C11H14N2O/c1-5-6-7-8-16(12(4)17)13-14-10(2)9-11(3)15-13;1-7-6-8(2)12-11-10(7)4-5-13(11)9(3)14/h9H,7-8H2,1-4H3;6H,4-5H2,1-3H3. The molecular formula is C24H31N5O2. The van der Waals surface area contributed by atoms with Crippen molar-refractivity contribution in [3.05, 3.63) is 40.3 Å². The Morgan fingerprint density at radius 1 is 1.03 bits per heavy atom. The van der Waals surface area contributed by atoms with Crippen molar-refractivity contribution in [1.82, 2.24) is 15.0 Å². The second kappa shape index (κ2) is 10.7. The highest BCUT2D eigenvalue weighted by atomic mass is 16.2. The summed E-state index contributed by atoms with van der Waals surface area (Å²) < 4.78 is 0. The predicted molar refractivity (Wildman–Crippen MR) is 123 cm³/mol. The first kappa shape index (κ1) is 24.0. The smallest absolute Gasteiger partial charge is 0.232 e. The highest BCUT2D eigenvalue weighted by Gasteiger charge is 2.25. The van der Waals surface area contributed by atoms with Gasteiger partial charge in [0.1, 0.15) is 5.82 Å². The number of hydrogen-bond acceptors (Lipinski definition) is 5. The van der Waals surface area contributed by atoms with Crippen molar-refractivity contribution in [2.24, 2.45) is 0 Å². The van der Waals surface area contributed by atoms with Crippen LogP contribution in [-0.4, -0.2) is 39.9 Å². The summed E-state index contributed by atoms with van der Waals surface area (Å²) in [7, 11) is 0. The largest absolute Gasteiger partial charge is 0.296 e. The lowest BCUT2D eigenvalue weighted by molar-refractivity contribution is -0.117. The topological polar surface area (TPSA) is 79.3 Å². The summed E-state index contributed by atoms with van der Waals surface area (Å²) in [6.45, 7) is 14.0. The maximum Gasteiger partial charge on any atom is 0.232 e. The van der Waals surface area contributed by atoms with Gasteiger partial charge >= 0.3 is 0 Å². The van der Waals surface area contributed by atoms with Crippen LogP contribution in [0.25, 0.3) is 0 Å². The van der Waals surface area contributed by atoms with E-state index in [9.17, 15) is 9.59 Å². The number of aromatic nitrogens is 3. The van der Waals surface area contributed by atoms with Gasteiger partial charge in [-0.3, -0.25) is 19.4 Å². The molecule has 0 saturated carbocycles. The van der Waals surface area contributed by atoms with Crippen molar-refractivity contribution >= 4 is 23.6 Å². The minimum Gasteiger partial charge on any atom is -0.296 e. The number of carbonyl (C=O) groups excluding carboxylic acids is 2. The Balaban J connectivity index is 0.000000224. The molecule has 0 radical (unpaired) electrons. The third-order valence-electron chi connectivity index (χ3n) is 4.90. The molecule has 164 valence electrons. The van der Waals surface area contributed by atoms with Gasteiger partial charge in [0.15, 0.2) is 0 Å². The molecule has 2 aromatic rings. The summed E-state index contributed by atoms with van der Waals surface area (Å²) >= 11 is 0. The molecule has 2 amide bonds. The van der Waals surface area contributed by atoms with Crippen molar-refractivity contribution in [3.63, 3.8) is 0 Å². The van der Waals surface area contributed by atoms with Gasteiger partial charge in [0.2, 0.25) is 17.8 Å². The molecule has 0 unspecified atom stereocenters. The third-order valence-corrected chi connectivity index (χ3v) is 4.90. The summed E-state index contributed by atoms with van der Waals surface area (Å²) in [6, 6.07) is 3.95. The number of hydrogen-bond donors (Lipinski definition) is 0. The molecule has 31 heavy (non-hydrogen) atoms. The second-order valence-corrected chi connectivity index (χ2v) is 7.60. The zero-order valence-corrected chi connectivity index (χ0v) is 19.5. The summed E-state index contributed by atoms with van der Waals surface area (Å²) in [5, 5.41) is 0. The molecule has 0 aliphatic carbocycles. The molecule has 0 fully saturated rings. The maximum atomic E-state index is 11.6. The van der Waals surface area contributed by atoms with E-state index >= 15 is 0 Å². The minimum absolute atomic E-state index is 0.0621. The number of aryl methyl sites for hydroxylation is 4. The highest BCUT2D eigenvalue weighted by Crippen LogP contribution is 2.28. The number of rotatable bonds is 3. The Morgan fingerprint density at radius 3 is 2.19 bits per heavy atom. The first-order valence-corrected chi connectivity index (χ1v) is 10.4. The molecule has 0 aromatic carbocycles. The lowest BCUT2D eigenvalue weighted by Gasteiger charge is -2.18. The summed E-state index contributed by atoms with van der Waals surface area (Å²) in [5.74, 6) is 7.10. The lowest BCUT2D eigenvalue weighted by Crippen LogP contribution is -2.31. The first-order valence-electron chi connectivity index (χ1n) is 10.4. The first-order chi connectivity index (χ1) is 14.6. The molecule has 7 heteroatoms. The number of amides is 2. The summed E-state index contributed by atoms with van der Waals surface area (Å²) in [4.78, 5) is 39.2. The molecule has 0 spiro atoms. The van der Waals surface area contributed by atoms with E-state index < -0.39 is 0 Å². The van der Waals surface area contributed by atoms with Crippen molar-refractivity contribution in [1.29, 1.82) is 0 Å². The van der Waals surface area contributed by atoms with Crippen LogP contribution in [0.4, 0.5) is 11.8 Å². The van der Waals surface area contributed by atoms with Gasteiger partial charge in [-0.15, -0.1) is 11.8 Å². The quantitative estimate of drug-likeness (QED) is 0.709. The minimum atomic E-state index is -0.0621. The molecule has 0 atom stereocenters. The normalized spacial score (nSPS) is 11.6. The van der Waals surface area contributed by atoms with Gasteiger partial charge in [-0.25, -0.2) is 15.0 Å². The molecule has 3 rings (SSSR count). The average Bonchev–Trinajstić information content (AvgIpc) is 3.09. The Hall–Kier alpha value is -3.27. The van der Waals surface area contributed by atoms with Crippen LogP contribution >= 0.6 is 0 Å².